The minimum absolute atomic E-state index is 0.254. The van der Waals surface area contributed by atoms with Crippen molar-refractivity contribution in [3.05, 3.63) is 0 Å². The fraction of sp³-hybridized carbons (Fsp3) is 0.750. The molecule has 13 heavy (non-hydrogen) atoms. The lowest BCUT2D eigenvalue weighted by Gasteiger charge is -2.07. The van der Waals surface area contributed by atoms with Gasteiger partial charge >= 0.3 is 0 Å². The fourth-order valence-corrected chi connectivity index (χ4v) is 0.958. The number of nitriles is 1. The van der Waals surface area contributed by atoms with Crippen molar-refractivity contribution in [1.29, 1.82) is 5.26 Å². The van der Waals surface area contributed by atoms with E-state index in [9.17, 15) is 4.39 Å². The normalized spacial score (nSPS) is 8.92. The molecule has 2 N–H and O–H groups in total. The summed E-state index contributed by atoms with van der Waals surface area (Å²) in [7, 11) is 0. The molecule has 0 aromatic heterocycles. The number of nitrogens with one attached hydrogen (secondary N) is 2. The monoisotopic (exact) mass is 203 g/mol. The average Bonchev–Trinajstić information content (AvgIpc) is 2.14. The molecular weight excluding hydrogens is 189 g/mol. The van der Waals surface area contributed by atoms with Gasteiger partial charge in [0, 0.05) is 19.5 Å². The first-order valence-electron chi connectivity index (χ1n) is 4.26. The van der Waals surface area contributed by atoms with Crippen LogP contribution in [0.1, 0.15) is 19.3 Å². The van der Waals surface area contributed by atoms with Gasteiger partial charge in [0.15, 0.2) is 5.11 Å². The van der Waals surface area contributed by atoms with Crippen LogP contribution >= 0.6 is 12.2 Å². The van der Waals surface area contributed by atoms with Crippen LogP contribution in [0.3, 0.4) is 0 Å². The minimum Gasteiger partial charge on any atom is -0.363 e. The zero-order valence-electron chi connectivity index (χ0n) is 7.48. The van der Waals surface area contributed by atoms with Gasteiger partial charge in [0.2, 0.25) is 0 Å². The van der Waals surface area contributed by atoms with Gasteiger partial charge in [-0.2, -0.15) is 5.26 Å². The number of thiocarbonyl (C=S) groups is 1. The number of alkyl halides is 1. The molecule has 5 heteroatoms. The predicted octanol–water partition coefficient (Wildman–Crippen LogP) is 1.11. The first-order chi connectivity index (χ1) is 6.31. The predicted molar refractivity (Wildman–Crippen MR) is 54.0 cm³/mol. The highest BCUT2D eigenvalue weighted by Gasteiger charge is 1.93. The molecule has 0 rings (SSSR count). The van der Waals surface area contributed by atoms with Crippen molar-refractivity contribution in [2.24, 2.45) is 0 Å². The molecule has 74 valence electrons. The molecule has 0 heterocycles. The molecule has 0 aliphatic rings. The van der Waals surface area contributed by atoms with Crippen molar-refractivity contribution in [3.63, 3.8) is 0 Å². The number of hydrogen-bond donors (Lipinski definition) is 2. The van der Waals surface area contributed by atoms with Gasteiger partial charge in [0.25, 0.3) is 0 Å². The van der Waals surface area contributed by atoms with Crippen molar-refractivity contribution in [2.75, 3.05) is 19.8 Å². The molecule has 0 aliphatic heterocycles. The largest absolute Gasteiger partial charge is 0.363 e. The summed E-state index contributed by atoms with van der Waals surface area (Å²) in [4.78, 5) is 0. The second-order valence-corrected chi connectivity index (χ2v) is 2.90. The summed E-state index contributed by atoms with van der Waals surface area (Å²) < 4.78 is 11.7. The third kappa shape index (κ3) is 9.02. The molecule has 0 aliphatic carbocycles. The van der Waals surface area contributed by atoms with E-state index in [-0.39, 0.29) is 6.54 Å². The number of halogens is 1. The topological polar surface area (TPSA) is 47.9 Å². The van der Waals surface area contributed by atoms with Crippen LogP contribution in [0.5, 0.6) is 0 Å². The van der Waals surface area contributed by atoms with Gasteiger partial charge in [0.1, 0.15) is 6.67 Å². The van der Waals surface area contributed by atoms with Gasteiger partial charge < -0.3 is 10.6 Å². The van der Waals surface area contributed by atoms with Crippen LogP contribution in [0, 0.1) is 11.3 Å². The lowest BCUT2D eigenvalue weighted by atomic mass is 10.2. The summed E-state index contributed by atoms with van der Waals surface area (Å²) in [5.74, 6) is 0. The molecule has 0 aromatic rings. The summed E-state index contributed by atoms with van der Waals surface area (Å²) in [6.07, 6.45) is 2.35. The molecule has 0 aromatic carbocycles. The highest BCUT2D eigenvalue weighted by molar-refractivity contribution is 7.80. The van der Waals surface area contributed by atoms with Gasteiger partial charge in [-0.15, -0.1) is 0 Å². The summed E-state index contributed by atoms with van der Waals surface area (Å²) in [6, 6.07) is 2.06. The number of unbranched alkanes of at least 4 members (excludes halogenated alkanes) is 2. The standard InChI is InChI=1S/C8H14FN3S/c9-4-7-12-8(13)11-6-3-1-2-5-10/h1-4,6-7H2,(H2,11,12,13). The first kappa shape index (κ1) is 12.1. The Morgan fingerprint density at radius 2 is 2.00 bits per heavy atom. The van der Waals surface area contributed by atoms with Crippen LogP contribution in [0.4, 0.5) is 4.39 Å². The quantitative estimate of drug-likeness (QED) is 0.501. The second kappa shape index (κ2) is 9.20. The van der Waals surface area contributed by atoms with E-state index < -0.39 is 6.67 Å². The van der Waals surface area contributed by atoms with E-state index in [0.717, 1.165) is 19.4 Å². The van der Waals surface area contributed by atoms with E-state index in [4.69, 9.17) is 17.5 Å². The van der Waals surface area contributed by atoms with Crippen LogP contribution in [-0.2, 0) is 0 Å². The maximum atomic E-state index is 11.7. The van der Waals surface area contributed by atoms with Gasteiger partial charge in [-0.25, -0.2) is 4.39 Å². The first-order valence-corrected chi connectivity index (χ1v) is 4.66. The Balaban J connectivity index is 3.13. The Bertz CT molecular complexity index is 179. The van der Waals surface area contributed by atoms with Crippen molar-refractivity contribution >= 4 is 17.3 Å². The van der Waals surface area contributed by atoms with Crippen LogP contribution in [0.25, 0.3) is 0 Å². The molecule has 0 spiro atoms. The van der Waals surface area contributed by atoms with Crippen LogP contribution in [0.15, 0.2) is 0 Å². The van der Waals surface area contributed by atoms with Crippen molar-refractivity contribution < 1.29 is 4.39 Å². The Labute approximate surface area is 83.3 Å². The Kier molecular flexibility index (Phi) is 8.57. The van der Waals surface area contributed by atoms with E-state index in [1.54, 1.807) is 0 Å². The summed E-state index contributed by atoms with van der Waals surface area (Å²) in [6.45, 7) is 0.570. The lowest BCUT2D eigenvalue weighted by molar-refractivity contribution is 0.490. The number of nitrogens with zero attached hydrogens (tertiary/aromatic N) is 1. The molecular formula is C8H14FN3S. The third-order valence-electron chi connectivity index (χ3n) is 1.38. The Hall–Kier alpha value is -0.890. The van der Waals surface area contributed by atoms with Gasteiger partial charge in [-0.05, 0) is 25.1 Å². The van der Waals surface area contributed by atoms with E-state index in [2.05, 4.69) is 16.7 Å². The van der Waals surface area contributed by atoms with E-state index >= 15 is 0 Å². The molecule has 0 amide bonds. The molecule has 0 saturated carbocycles. The minimum atomic E-state index is -0.420. The molecule has 0 atom stereocenters. The molecule has 0 saturated heterocycles. The Morgan fingerprint density at radius 1 is 1.31 bits per heavy atom. The zero-order valence-corrected chi connectivity index (χ0v) is 8.29. The smallest absolute Gasteiger partial charge is 0.166 e. The van der Waals surface area contributed by atoms with Crippen molar-refractivity contribution in [1.82, 2.24) is 10.6 Å². The molecule has 0 radical (unpaired) electrons. The average molecular weight is 203 g/mol. The fourth-order valence-electron chi connectivity index (χ4n) is 0.754. The van der Waals surface area contributed by atoms with Crippen LogP contribution < -0.4 is 10.6 Å². The maximum absolute atomic E-state index is 11.7. The second-order valence-electron chi connectivity index (χ2n) is 2.49. The van der Waals surface area contributed by atoms with Crippen molar-refractivity contribution in [3.8, 4) is 6.07 Å². The van der Waals surface area contributed by atoms with Crippen LogP contribution in [0.2, 0.25) is 0 Å². The van der Waals surface area contributed by atoms with Gasteiger partial charge in [-0.1, -0.05) is 0 Å². The highest BCUT2D eigenvalue weighted by Crippen LogP contribution is 1.90. The summed E-state index contributed by atoms with van der Waals surface area (Å²) in [5, 5.41) is 14.3. The van der Waals surface area contributed by atoms with Gasteiger partial charge in [0.05, 0.1) is 6.07 Å². The number of rotatable bonds is 6. The molecule has 0 bridgehead atoms. The summed E-state index contributed by atoms with van der Waals surface area (Å²) in [5.41, 5.74) is 0. The highest BCUT2D eigenvalue weighted by atomic mass is 32.1. The molecule has 0 fully saturated rings. The lowest BCUT2D eigenvalue weighted by Crippen LogP contribution is -2.36. The number of hydrogen-bond acceptors (Lipinski definition) is 2. The van der Waals surface area contributed by atoms with Crippen molar-refractivity contribution in [2.45, 2.75) is 19.3 Å². The molecule has 3 nitrogen and oxygen atoms in total. The van der Waals surface area contributed by atoms with E-state index in [1.165, 1.54) is 0 Å². The van der Waals surface area contributed by atoms with E-state index in [1.807, 2.05) is 0 Å². The Morgan fingerprint density at radius 3 is 2.62 bits per heavy atom. The third-order valence-corrected chi connectivity index (χ3v) is 1.67. The van der Waals surface area contributed by atoms with Crippen LogP contribution in [-0.4, -0.2) is 24.9 Å². The maximum Gasteiger partial charge on any atom is 0.166 e. The zero-order chi connectivity index (χ0) is 9.94. The molecule has 0 unspecified atom stereocenters. The summed E-state index contributed by atoms with van der Waals surface area (Å²) >= 11 is 4.84. The SMILES string of the molecule is N#CCCCCNC(=S)NCCF. The van der Waals surface area contributed by atoms with E-state index in [0.29, 0.717) is 11.5 Å². The van der Waals surface area contributed by atoms with Gasteiger partial charge in [-0.3, -0.25) is 0 Å².